The molecule has 0 aliphatic heterocycles. The number of hydrogen-bond acceptors (Lipinski definition) is 3. The first kappa shape index (κ1) is 16.2. The van der Waals surface area contributed by atoms with Crippen LogP contribution in [0.2, 0.25) is 0 Å². The summed E-state index contributed by atoms with van der Waals surface area (Å²) in [4.78, 5) is 16.3. The zero-order valence-corrected chi connectivity index (χ0v) is 13.2. The summed E-state index contributed by atoms with van der Waals surface area (Å²) in [7, 11) is 1.96. The zero-order chi connectivity index (χ0) is 15.8. The molecule has 0 aliphatic rings. The molecular weight excluding hydrogens is 274 g/mol. The number of carbonyl (C=O) groups is 1. The number of hydrogen-bond donors (Lipinski definition) is 2. The summed E-state index contributed by atoms with van der Waals surface area (Å²) in [5.41, 5.74) is 2.63. The molecule has 0 radical (unpaired) electrons. The Kier molecular flexibility index (Phi) is 6.10. The van der Waals surface area contributed by atoms with Gasteiger partial charge in [-0.05, 0) is 44.5 Å². The van der Waals surface area contributed by atoms with E-state index in [1.54, 1.807) is 6.07 Å². The maximum atomic E-state index is 12.0. The molecule has 0 aliphatic carbocycles. The number of aromatic nitrogens is 1. The highest BCUT2D eigenvalue weighted by molar-refractivity contribution is 5.92. The molecule has 2 aromatic rings. The standard InChI is InChI=1S/C18H23N3O/c1-14-7-6-10-17(21-14)18(22)20-12-11-16(19-2)13-15-8-4-3-5-9-15/h3-10,16,19H,11-13H2,1-2H3,(H,20,22)/t16-/m1/s1. The minimum absolute atomic E-state index is 0.113. The average molecular weight is 297 g/mol. The van der Waals surface area contributed by atoms with E-state index in [1.807, 2.05) is 44.3 Å². The molecule has 0 saturated carbocycles. The quantitative estimate of drug-likeness (QED) is 0.825. The lowest BCUT2D eigenvalue weighted by atomic mass is 10.0. The van der Waals surface area contributed by atoms with Crippen molar-refractivity contribution in [1.29, 1.82) is 0 Å². The summed E-state index contributed by atoms with van der Waals surface area (Å²) in [6.45, 7) is 2.51. The van der Waals surface area contributed by atoms with Crippen molar-refractivity contribution >= 4 is 5.91 Å². The van der Waals surface area contributed by atoms with E-state index in [0.717, 1.165) is 18.5 Å². The summed E-state index contributed by atoms with van der Waals surface area (Å²) >= 11 is 0. The molecule has 0 bridgehead atoms. The maximum absolute atomic E-state index is 12.0. The van der Waals surface area contributed by atoms with Crippen LogP contribution in [0.4, 0.5) is 0 Å². The van der Waals surface area contributed by atoms with Crippen LogP contribution in [0, 0.1) is 6.92 Å². The molecule has 0 spiro atoms. The Labute approximate surface area is 132 Å². The Morgan fingerprint density at radius 3 is 2.59 bits per heavy atom. The summed E-state index contributed by atoms with van der Waals surface area (Å²) in [5.74, 6) is -0.113. The van der Waals surface area contributed by atoms with Gasteiger partial charge in [0.05, 0.1) is 0 Å². The van der Waals surface area contributed by atoms with Crippen LogP contribution in [0.3, 0.4) is 0 Å². The van der Waals surface area contributed by atoms with Gasteiger partial charge >= 0.3 is 0 Å². The van der Waals surface area contributed by atoms with Crippen LogP contribution in [0.25, 0.3) is 0 Å². The molecule has 1 atom stereocenters. The van der Waals surface area contributed by atoms with Gasteiger partial charge in [0.2, 0.25) is 0 Å². The third-order valence-electron chi connectivity index (χ3n) is 3.63. The first-order valence-electron chi connectivity index (χ1n) is 7.62. The van der Waals surface area contributed by atoms with Gasteiger partial charge in [-0.25, -0.2) is 4.98 Å². The largest absolute Gasteiger partial charge is 0.351 e. The van der Waals surface area contributed by atoms with E-state index in [4.69, 9.17) is 0 Å². The van der Waals surface area contributed by atoms with Crippen LogP contribution in [-0.4, -0.2) is 30.5 Å². The number of nitrogens with one attached hydrogen (secondary N) is 2. The van der Waals surface area contributed by atoms with Crippen molar-refractivity contribution in [3.05, 3.63) is 65.5 Å². The Balaban J connectivity index is 1.80. The van der Waals surface area contributed by atoms with Crippen molar-refractivity contribution in [1.82, 2.24) is 15.6 Å². The number of likely N-dealkylation sites (N-methyl/N-ethyl adjacent to an activating group) is 1. The second kappa shape index (κ2) is 8.29. The molecular formula is C18H23N3O. The van der Waals surface area contributed by atoms with Crippen molar-refractivity contribution in [2.45, 2.75) is 25.8 Å². The Morgan fingerprint density at radius 1 is 1.14 bits per heavy atom. The molecule has 1 aromatic heterocycles. The highest BCUT2D eigenvalue weighted by atomic mass is 16.1. The van der Waals surface area contributed by atoms with E-state index < -0.39 is 0 Å². The van der Waals surface area contributed by atoms with Crippen LogP contribution < -0.4 is 10.6 Å². The number of rotatable bonds is 7. The third kappa shape index (κ3) is 4.97. The minimum atomic E-state index is -0.113. The second-order valence-corrected chi connectivity index (χ2v) is 5.38. The molecule has 0 saturated heterocycles. The molecule has 4 heteroatoms. The molecule has 0 fully saturated rings. The number of benzene rings is 1. The molecule has 2 rings (SSSR count). The van der Waals surface area contributed by atoms with Crippen molar-refractivity contribution in [2.24, 2.45) is 0 Å². The number of aryl methyl sites for hydroxylation is 1. The van der Waals surface area contributed by atoms with E-state index in [2.05, 4.69) is 27.8 Å². The fourth-order valence-corrected chi connectivity index (χ4v) is 2.37. The molecule has 2 N–H and O–H groups in total. The Bertz CT molecular complexity index is 598. The number of pyridine rings is 1. The molecule has 1 amide bonds. The summed E-state index contributed by atoms with van der Waals surface area (Å²) in [6.07, 6.45) is 1.83. The predicted molar refractivity (Wildman–Crippen MR) is 88.9 cm³/mol. The van der Waals surface area contributed by atoms with Crippen LogP contribution in [0.5, 0.6) is 0 Å². The monoisotopic (exact) mass is 297 g/mol. The molecule has 1 aromatic carbocycles. The summed E-state index contributed by atoms with van der Waals surface area (Å²) in [6, 6.07) is 16.2. The van der Waals surface area contributed by atoms with Gasteiger partial charge in [-0.1, -0.05) is 36.4 Å². The third-order valence-corrected chi connectivity index (χ3v) is 3.63. The van der Waals surface area contributed by atoms with E-state index in [9.17, 15) is 4.79 Å². The molecule has 22 heavy (non-hydrogen) atoms. The average Bonchev–Trinajstić information content (AvgIpc) is 2.54. The van der Waals surface area contributed by atoms with Crippen molar-refractivity contribution < 1.29 is 4.79 Å². The topological polar surface area (TPSA) is 54.0 Å². The fourth-order valence-electron chi connectivity index (χ4n) is 2.37. The van der Waals surface area contributed by atoms with Crippen LogP contribution in [0.15, 0.2) is 48.5 Å². The lowest BCUT2D eigenvalue weighted by Crippen LogP contribution is -2.34. The number of carbonyl (C=O) groups excluding carboxylic acids is 1. The van der Waals surface area contributed by atoms with Crippen LogP contribution in [-0.2, 0) is 6.42 Å². The molecule has 1 heterocycles. The van der Waals surface area contributed by atoms with Gasteiger partial charge in [-0.2, -0.15) is 0 Å². The summed E-state index contributed by atoms with van der Waals surface area (Å²) < 4.78 is 0. The maximum Gasteiger partial charge on any atom is 0.269 e. The number of amides is 1. The van der Waals surface area contributed by atoms with Gasteiger partial charge in [0.1, 0.15) is 5.69 Å². The minimum Gasteiger partial charge on any atom is -0.351 e. The van der Waals surface area contributed by atoms with Gasteiger partial charge in [-0.15, -0.1) is 0 Å². The van der Waals surface area contributed by atoms with Crippen LogP contribution >= 0.6 is 0 Å². The highest BCUT2D eigenvalue weighted by Gasteiger charge is 2.10. The highest BCUT2D eigenvalue weighted by Crippen LogP contribution is 2.05. The van der Waals surface area contributed by atoms with Gasteiger partial charge in [0, 0.05) is 18.3 Å². The predicted octanol–water partition coefficient (Wildman–Crippen LogP) is 2.34. The van der Waals surface area contributed by atoms with Gasteiger partial charge in [0.15, 0.2) is 0 Å². The lowest BCUT2D eigenvalue weighted by molar-refractivity contribution is 0.0947. The van der Waals surface area contributed by atoms with Crippen molar-refractivity contribution in [3.8, 4) is 0 Å². The summed E-state index contributed by atoms with van der Waals surface area (Å²) in [5, 5.41) is 6.24. The Hall–Kier alpha value is -2.20. The SMILES string of the molecule is CN[C@H](CCNC(=O)c1cccc(C)n1)Cc1ccccc1. The van der Waals surface area contributed by atoms with Crippen molar-refractivity contribution in [3.63, 3.8) is 0 Å². The van der Waals surface area contributed by atoms with Crippen LogP contribution in [0.1, 0.15) is 28.2 Å². The van der Waals surface area contributed by atoms with Crippen molar-refractivity contribution in [2.75, 3.05) is 13.6 Å². The molecule has 0 unspecified atom stereocenters. The van der Waals surface area contributed by atoms with E-state index in [0.29, 0.717) is 18.3 Å². The van der Waals surface area contributed by atoms with Gasteiger partial charge in [-0.3, -0.25) is 4.79 Å². The van der Waals surface area contributed by atoms with Gasteiger partial charge in [0.25, 0.3) is 5.91 Å². The van der Waals surface area contributed by atoms with E-state index in [-0.39, 0.29) is 5.91 Å². The first-order chi connectivity index (χ1) is 10.7. The lowest BCUT2D eigenvalue weighted by Gasteiger charge is -2.16. The second-order valence-electron chi connectivity index (χ2n) is 5.38. The van der Waals surface area contributed by atoms with E-state index >= 15 is 0 Å². The molecule has 116 valence electrons. The zero-order valence-electron chi connectivity index (χ0n) is 13.2. The normalized spacial score (nSPS) is 11.9. The molecule has 4 nitrogen and oxygen atoms in total. The smallest absolute Gasteiger partial charge is 0.269 e. The number of nitrogens with zero attached hydrogens (tertiary/aromatic N) is 1. The van der Waals surface area contributed by atoms with E-state index in [1.165, 1.54) is 5.56 Å². The first-order valence-corrected chi connectivity index (χ1v) is 7.62. The van der Waals surface area contributed by atoms with Gasteiger partial charge < -0.3 is 10.6 Å². The fraction of sp³-hybridized carbons (Fsp3) is 0.333. The Morgan fingerprint density at radius 2 is 1.91 bits per heavy atom.